The van der Waals surface area contributed by atoms with Crippen LogP contribution in [0.3, 0.4) is 0 Å². The molecule has 3 nitrogen and oxygen atoms in total. The second-order valence-electron chi connectivity index (χ2n) is 4.01. The first-order chi connectivity index (χ1) is 5.68. The Morgan fingerprint density at radius 3 is 2.00 bits per heavy atom. The van der Waals surface area contributed by atoms with Gasteiger partial charge in [0.1, 0.15) is 23.1 Å². The summed E-state index contributed by atoms with van der Waals surface area (Å²) in [6, 6.07) is 0. The quantitative estimate of drug-likeness (QED) is 0.748. The number of hydrogen-bond donors (Lipinski definition) is 1. The summed E-state index contributed by atoms with van der Waals surface area (Å²) in [5.41, 5.74) is -0.375. The predicted octanol–water partition coefficient (Wildman–Crippen LogP) is 3.26. The molecule has 0 amide bonds. The Morgan fingerprint density at radius 1 is 1.31 bits per heavy atom. The molecule has 0 heterocycles. The van der Waals surface area contributed by atoms with Crippen LogP contribution in [0.15, 0.2) is 0 Å². The van der Waals surface area contributed by atoms with E-state index >= 15 is 0 Å². The zero-order valence-corrected chi connectivity index (χ0v) is 10.9. The summed E-state index contributed by atoms with van der Waals surface area (Å²) in [6.45, 7) is 9.47. The van der Waals surface area contributed by atoms with Crippen LogP contribution in [-0.4, -0.2) is 22.9 Å². The van der Waals surface area contributed by atoms with Crippen molar-refractivity contribution in [1.82, 2.24) is 0 Å². The van der Waals surface area contributed by atoms with Gasteiger partial charge in [0.15, 0.2) is 0 Å². The minimum Gasteiger partial charge on any atom is -0.183 e. The van der Waals surface area contributed by atoms with Crippen molar-refractivity contribution in [2.24, 2.45) is 0 Å². The lowest BCUT2D eigenvalue weighted by atomic mass is 10.2. The van der Waals surface area contributed by atoms with Crippen molar-refractivity contribution in [1.29, 1.82) is 0 Å². The van der Waals surface area contributed by atoms with Gasteiger partial charge in [0.05, 0.1) is 0 Å². The lowest BCUT2D eigenvalue weighted by molar-refractivity contribution is 0.0752. The zero-order valence-electron chi connectivity index (χ0n) is 9.20. The molecule has 0 saturated carbocycles. The van der Waals surface area contributed by atoms with Gasteiger partial charge in [-0.05, 0) is 34.6 Å². The van der Waals surface area contributed by atoms with E-state index in [1.807, 2.05) is 34.6 Å². The van der Waals surface area contributed by atoms with Gasteiger partial charge in [0.2, 0.25) is 0 Å². The first kappa shape index (κ1) is 13.7. The average Bonchev–Trinajstić information content (AvgIpc) is 1.81. The predicted molar refractivity (Wildman–Crippen MR) is 59.7 cm³/mol. The third-order valence-electron chi connectivity index (χ3n) is 0.964. The van der Waals surface area contributed by atoms with Gasteiger partial charge in [-0.25, -0.2) is 0 Å². The second kappa shape index (κ2) is 4.94. The van der Waals surface area contributed by atoms with Crippen molar-refractivity contribution in [2.45, 2.75) is 46.3 Å². The van der Waals surface area contributed by atoms with Gasteiger partial charge in [-0.15, -0.1) is 0 Å². The van der Waals surface area contributed by atoms with Gasteiger partial charge in [-0.3, -0.25) is 0 Å². The van der Waals surface area contributed by atoms with E-state index < -0.39 is 7.15 Å². The van der Waals surface area contributed by atoms with E-state index in [-0.39, 0.29) is 11.7 Å². The Kier molecular flexibility index (Phi) is 5.19. The molecule has 0 aliphatic carbocycles. The van der Waals surface area contributed by atoms with E-state index in [4.69, 9.17) is 9.05 Å². The SMILES string of the molecule is CS[P+](O)(OC(C)C)OC(C)(C)C. The number of hydrogen-bond acceptors (Lipinski definition) is 4. The molecule has 5 heteroatoms. The maximum absolute atomic E-state index is 9.96. The summed E-state index contributed by atoms with van der Waals surface area (Å²) in [7, 11) is -2.71. The van der Waals surface area contributed by atoms with Crippen molar-refractivity contribution < 1.29 is 13.9 Å². The fourth-order valence-electron chi connectivity index (χ4n) is 0.714. The lowest BCUT2D eigenvalue weighted by Gasteiger charge is -2.23. The molecule has 0 radical (unpaired) electrons. The highest BCUT2D eigenvalue weighted by molar-refractivity contribution is 8.57. The Morgan fingerprint density at radius 2 is 1.77 bits per heavy atom. The van der Waals surface area contributed by atoms with Crippen LogP contribution in [0.25, 0.3) is 0 Å². The summed E-state index contributed by atoms with van der Waals surface area (Å²) in [4.78, 5) is 9.96. The summed E-state index contributed by atoms with van der Waals surface area (Å²) in [5, 5.41) is 0. The summed E-state index contributed by atoms with van der Waals surface area (Å²) in [6.07, 6.45) is 1.77. The van der Waals surface area contributed by atoms with Crippen molar-refractivity contribution in [3.63, 3.8) is 0 Å². The van der Waals surface area contributed by atoms with Crippen molar-refractivity contribution >= 4 is 18.5 Å². The fourth-order valence-corrected chi connectivity index (χ4v) is 3.81. The average molecular weight is 227 g/mol. The molecule has 1 N–H and O–H groups in total. The van der Waals surface area contributed by atoms with Crippen molar-refractivity contribution in [3.05, 3.63) is 0 Å². The van der Waals surface area contributed by atoms with E-state index in [1.165, 1.54) is 11.4 Å². The van der Waals surface area contributed by atoms with Crippen LogP contribution in [0.2, 0.25) is 0 Å². The van der Waals surface area contributed by atoms with Crippen LogP contribution in [0, 0.1) is 0 Å². The minimum absolute atomic E-state index is 0.0202. The van der Waals surface area contributed by atoms with Gasteiger partial charge in [0.25, 0.3) is 0 Å². The first-order valence-electron chi connectivity index (χ1n) is 4.25. The molecule has 0 aromatic heterocycles. The normalized spacial score (nSPS) is 17.5. The maximum atomic E-state index is 9.96. The molecule has 0 aliphatic rings. The first-order valence-corrected chi connectivity index (χ1v) is 7.66. The molecule has 0 aliphatic heterocycles. The van der Waals surface area contributed by atoms with Gasteiger partial charge in [-0.1, -0.05) is 0 Å². The lowest BCUT2D eigenvalue weighted by Crippen LogP contribution is -2.20. The van der Waals surface area contributed by atoms with Gasteiger partial charge in [0, 0.05) is 6.26 Å². The summed E-state index contributed by atoms with van der Waals surface area (Å²) < 4.78 is 10.9. The topological polar surface area (TPSA) is 38.7 Å². The Labute approximate surface area is 85.5 Å². The van der Waals surface area contributed by atoms with Crippen LogP contribution in [0.4, 0.5) is 0 Å². The van der Waals surface area contributed by atoms with Crippen LogP contribution in [0.5, 0.6) is 0 Å². The van der Waals surface area contributed by atoms with Gasteiger partial charge in [-0.2, -0.15) is 13.9 Å². The van der Waals surface area contributed by atoms with Crippen molar-refractivity contribution in [2.75, 3.05) is 6.26 Å². The Bertz CT molecular complexity index is 158. The Balaban J connectivity index is 4.28. The smallest absolute Gasteiger partial charge is 0.183 e. The molecule has 80 valence electrons. The van der Waals surface area contributed by atoms with E-state index in [1.54, 1.807) is 6.26 Å². The highest BCUT2D eigenvalue weighted by Gasteiger charge is 2.46. The molecule has 1 unspecified atom stereocenters. The van der Waals surface area contributed by atoms with Gasteiger partial charge < -0.3 is 0 Å². The molecular formula is C8H20O3PS+. The van der Waals surface area contributed by atoms with Crippen LogP contribution in [0.1, 0.15) is 34.6 Å². The molecule has 13 heavy (non-hydrogen) atoms. The van der Waals surface area contributed by atoms with E-state index in [0.29, 0.717) is 0 Å². The molecule has 0 aromatic rings. The third-order valence-corrected chi connectivity index (χ3v) is 4.76. The van der Waals surface area contributed by atoms with Crippen LogP contribution >= 0.6 is 18.5 Å². The summed E-state index contributed by atoms with van der Waals surface area (Å²) in [5.74, 6) is 0. The van der Waals surface area contributed by atoms with Crippen LogP contribution < -0.4 is 0 Å². The standard InChI is InChI=1S/C8H20O3PS/c1-7(2)10-12(9,13-6)11-8(3,4)5/h7,9H,1-6H3/q+1. The minimum atomic E-state index is -2.71. The summed E-state index contributed by atoms with van der Waals surface area (Å²) >= 11 is 1.25. The largest absolute Gasteiger partial charge is 0.479 e. The van der Waals surface area contributed by atoms with E-state index in [0.717, 1.165) is 0 Å². The van der Waals surface area contributed by atoms with Crippen molar-refractivity contribution in [3.8, 4) is 0 Å². The molecule has 0 rings (SSSR count). The molecule has 0 spiro atoms. The molecule has 0 bridgehead atoms. The second-order valence-corrected chi connectivity index (χ2v) is 8.18. The zero-order chi connectivity index (χ0) is 10.7. The maximum Gasteiger partial charge on any atom is 0.479 e. The third kappa shape index (κ3) is 6.69. The molecule has 0 aromatic carbocycles. The van der Waals surface area contributed by atoms with Crippen LogP contribution in [-0.2, 0) is 9.05 Å². The van der Waals surface area contributed by atoms with Gasteiger partial charge >= 0.3 is 7.15 Å². The monoisotopic (exact) mass is 227 g/mol. The molecule has 0 fully saturated rings. The molecular weight excluding hydrogens is 207 g/mol. The molecule has 0 saturated heterocycles. The highest BCUT2D eigenvalue weighted by Crippen LogP contribution is 2.69. The van der Waals surface area contributed by atoms with E-state index in [9.17, 15) is 4.89 Å². The van der Waals surface area contributed by atoms with E-state index in [2.05, 4.69) is 0 Å². The molecule has 1 atom stereocenters. The Hall–Kier alpha value is 0.660. The number of rotatable bonds is 4. The highest BCUT2D eigenvalue weighted by atomic mass is 32.7. The fraction of sp³-hybridized carbons (Fsp3) is 1.00.